The molecular weight excluding hydrogens is 274 g/mol. The summed E-state index contributed by atoms with van der Waals surface area (Å²) in [6.45, 7) is 11.7. The van der Waals surface area contributed by atoms with E-state index in [9.17, 15) is 4.79 Å². The minimum absolute atomic E-state index is 0.0925. The van der Waals surface area contributed by atoms with Crippen molar-refractivity contribution in [3.63, 3.8) is 0 Å². The lowest BCUT2D eigenvalue weighted by Crippen LogP contribution is -2.48. The molecule has 1 aromatic rings. The van der Waals surface area contributed by atoms with Crippen molar-refractivity contribution in [3.8, 4) is 0 Å². The predicted octanol–water partition coefficient (Wildman–Crippen LogP) is 2.65. The average molecular weight is 301 g/mol. The highest BCUT2D eigenvalue weighted by molar-refractivity contribution is 5.92. The van der Waals surface area contributed by atoms with Crippen LogP contribution in [0.15, 0.2) is 18.2 Å². The second kappa shape index (κ2) is 6.37. The van der Waals surface area contributed by atoms with Gasteiger partial charge >= 0.3 is 0 Å². The van der Waals surface area contributed by atoms with Crippen LogP contribution in [0.3, 0.4) is 0 Å². The van der Waals surface area contributed by atoms with Gasteiger partial charge < -0.3 is 4.90 Å². The lowest BCUT2D eigenvalue weighted by Gasteiger charge is -2.41. The minimum atomic E-state index is 0.0925. The first kappa shape index (κ1) is 15.5. The number of nitrogens with zero attached hydrogens (tertiary/aromatic N) is 3. The molecule has 1 amide bonds. The molecule has 2 saturated heterocycles. The zero-order chi connectivity index (χ0) is 15.7. The maximum Gasteiger partial charge on any atom is 0.272 e. The van der Waals surface area contributed by atoms with Crippen LogP contribution in [0.25, 0.3) is 0 Å². The monoisotopic (exact) mass is 301 g/mol. The van der Waals surface area contributed by atoms with Crippen LogP contribution in [0.1, 0.15) is 43.4 Å². The maximum absolute atomic E-state index is 12.5. The zero-order valence-corrected chi connectivity index (χ0v) is 14.0. The van der Waals surface area contributed by atoms with Gasteiger partial charge in [0.05, 0.1) is 5.69 Å². The van der Waals surface area contributed by atoms with Crippen LogP contribution >= 0.6 is 0 Å². The first-order valence-electron chi connectivity index (χ1n) is 8.50. The number of aromatic nitrogens is 1. The Labute approximate surface area is 133 Å². The molecule has 0 radical (unpaired) electrons. The van der Waals surface area contributed by atoms with E-state index >= 15 is 0 Å². The van der Waals surface area contributed by atoms with Crippen molar-refractivity contribution >= 4 is 5.91 Å². The first-order chi connectivity index (χ1) is 10.5. The van der Waals surface area contributed by atoms with Crippen LogP contribution < -0.4 is 0 Å². The third-order valence-corrected chi connectivity index (χ3v) is 5.05. The fourth-order valence-electron chi connectivity index (χ4n) is 3.36. The van der Waals surface area contributed by atoms with E-state index < -0.39 is 0 Å². The SMILES string of the molecule is CC(C)C1CN(Cc2cccc(C(=O)N3CC[C@@H](C)C3)n2)C1. The highest BCUT2D eigenvalue weighted by Crippen LogP contribution is 2.24. The number of hydrogen-bond donors (Lipinski definition) is 0. The molecule has 0 saturated carbocycles. The molecule has 2 fully saturated rings. The smallest absolute Gasteiger partial charge is 0.272 e. The molecule has 0 N–H and O–H groups in total. The van der Waals surface area contributed by atoms with Crippen molar-refractivity contribution in [2.45, 2.75) is 33.7 Å². The summed E-state index contributed by atoms with van der Waals surface area (Å²) in [5, 5.41) is 0. The molecule has 0 aliphatic carbocycles. The first-order valence-corrected chi connectivity index (χ1v) is 8.50. The second-order valence-corrected chi connectivity index (χ2v) is 7.36. The Bertz CT molecular complexity index is 537. The summed E-state index contributed by atoms with van der Waals surface area (Å²) < 4.78 is 0. The van der Waals surface area contributed by atoms with Crippen LogP contribution in [0, 0.1) is 17.8 Å². The number of carbonyl (C=O) groups excluding carboxylic acids is 1. The quantitative estimate of drug-likeness (QED) is 0.858. The molecule has 1 atom stereocenters. The Balaban J connectivity index is 1.60. The van der Waals surface area contributed by atoms with Crippen molar-refractivity contribution < 1.29 is 4.79 Å². The van der Waals surface area contributed by atoms with Gasteiger partial charge in [0.1, 0.15) is 5.69 Å². The molecule has 120 valence electrons. The van der Waals surface area contributed by atoms with Crippen LogP contribution in [-0.4, -0.2) is 46.9 Å². The summed E-state index contributed by atoms with van der Waals surface area (Å²) in [7, 11) is 0. The van der Waals surface area contributed by atoms with Gasteiger partial charge in [-0.2, -0.15) is 0 Å². The Morgan fingerprint density at radius 1 is 1.32 bits per heavy atom. The number of rotatable bonds is 4. The standard InChI is InChI=1S/C18H27N3O/c1-13(2)15-10-20(11-15)12-16-5-4-6-17(19-16)18(22)21-8-7-14(3)9-21/h4-6,13-15H,7-12H2,1-3H3/t14-/m1/s1. The van der Waals surface area contributed by atoms with Gasteiger partial charge in [-0.1, -0.05) is 26.8 Å². The predicted molar refractivity (Wildman–Crippen MR) is 87.5 cm³/mol. The molecule has 1 aromatic heterocycles. The maximum atomic E-state index is 12.5. The number of likely N-dealkylation sites (tertiary alicyclic amines) is 2. The normalized spacial score (nSPS) is 23.1. The lowest BCUT2D eigenvalue weighted by molar-refractivity contribution is 0.0600. The Hall–Kier alpha value is -1.42. The summed E-state index contributed by atoms with van der Waals surface area (Å²) in [5.41, 5.74) is 1.62. The molecule has 4 nitrogen and oxygen atoms in total. The summed E-state index contributed by atoms with van der Waals surface area (Å²) in [6.07, 6.45) is 1.11. The zero-order valence-electron chi connectivity index (χ0n) is 14.0. The van der Waals surface area contributed by atoms with E-state index in [1.807, 2.05) is 23.1 Å². The fraction of sp³-hybridized carbons (Fsp3) is 0.667. The molecule has 4 heteroatoms. The van der Waals surface area contributed by atoms with E-state index in [4.69, 9.17) is 0 Å². The molecule has 0 aromatic carbocycles. The third kappa shape index (κ3) is 3.32. The van der Waals surface area contributed by atoms with Crippen molar-refractivity contribution in [1.82, 2.24) is 14.8 Å². The van der Waals surface area contributed by atoms with E-state index in [1.54, 1.807) is 0 Å². The van der Waals surface area contributed by atoms with Gasteiger partial charge in [0, 0.05) is 32.7 Å². The lowest BCUT2D eigenvalue weighted by atomic mass is 9.88. The van der Waals surface area contributed by atoms with Crippen molar-refractivity contribution in [1.29, 1.82) is 0 Å². The molecule has 3 heterocycles. The number of pyridine rings is 1. The van der Waals surface area contributed by atoms with Crippen LogP contribution in [0.5, 0.6) is 0 Å². The van der Waals surface area contributed by atoms with Crippen molar-refractivity contribution in [2.75, 3.05) is 26.2 Å². The van der Waals surface area contributed by atoms with Gasteiger partial charge in [-0.25, -0.2) is 4.98 Å². The minimum Gasteiger partial charge on any atom is -0.337 e. The van der Waals surface area contributed by atoms with E-state index in [0.29, 0.717) is 11.6 Å². The van der Waals surface area contributed by atoms with E-state index in [0.717, 1.165) is 56.7 Å². The topological polar surface area (TPSA) is 36.4 Å². The summed E-state index contributed by atoms with van der Waals surface area (Å²) in [5.74, 6) is 2.28. The molecule has 2 aliphatic rings. The van der Waals surface area contributed by atoms with Gasteiger partial charge in [-0.05, 0) is 36.3 Å². The van der Waals surface area contributed by atoms with Crippen LogP contribution in [-0.2, 0) is 6.54 Å². The van der Waals surface area contributed by atoms with Crippen molar-refractivity contribution in [3.05, 3.63) is 29.6 Å². The summed E-state index contributed by atoms with van der Waals surface area (Å²) in [6, 6.07) is 5.85. The van der Waals surface area contributed by atoms with Gasteiger partial charge in [-0.3, -0.25) is 9.69 Å². The highest BCUT2D eigenvalue weighted by atomic mass is 16.2. The van der Waals surface area contributed by atoms with Crippen LogP contribution in [0.4, 0.5) is 0 Å². The summed E-state index contributed by atoms with van der Waals surface area (Å²) >= 11 is 0. The molecule has 3 rings (SSSR count). The third-order valence-electron chi connectivity index (χ3n) is 5.05. The van der Waals surface area contributed by atoms with Crippen molar-refractivity contribution in [2.24, 2.45) is 17.8 Å². The Kier molecular flexibility index (Phi) is 4.48. The average Bonchev–Trinajstić information content (AvgIpc) is 2.88. The van der Waals surface area contributed by atoms with E-state index in [1.165, 1.54) is 0 Å². The molecule has 22 heavy (non-hydrogen) atoms. The Morgan fingerprint density at radius 3 is 2.73 bits per heavy atom. The molecular formula is C18H27N3O. The van der Waals surface area contributed by atoms with Gasteiger partial charge in [-0.15, -0.1) is 0 Å². The second-order valence-electron chi connectivity index (χ2n) is 7.36. The largest absolute Gasteiger partial charge is 0.337 e. The molecule has 0 unspecified atom stereocenters. The van der Waals surface area contributed by atoms with Gasteiger partial charge in [0.15, 0.2) is 0 Å². The molecule has 2 aliphatic heterocycles. The number of hydrogen-bond acceptors (Lipinski definition) is 3. The van der Waals surface area contributed by atoms with Gasteiger partial charge in [0.2, 0.25) is 0 Å². The van der Waals surface area contributed by atoms with E-state index in [-0.39, 0.29) is 5.91 Å². The summed E-state index contributed by atoms with van der Waals surface area (Å²) in [4.78, 5) is 21.5. The number of amides is 1. The molecule has 0 bridgehead atoms. The Morgan fingerprint density at radius 2 is 2.09 bits per heavy atom. The number of carbonyl (C=O) groups is 1. The fourth-order valence-corrected chi connectivity index (χ4v) is 3.36. The van der Waals surface area contributed by atoms with Gasteiger partial charge in [0.25, 0.3) is 5.91 Å². The molecule has 0 spiro atoms. The van der Waals surface area contributed by atoms with E-state index in [2.05, 4.69) is 30.7 Å². The van der Waals surface area contributed by atoms with Crippen LogP contribution in [0.2, 0.25) is 0 Å². The highest BCUT2D eigenvalue weighted by Gasteiger charge is 2.29.